The molecule has 0 amide bonds. The lowest BCUT2D eigenvalue weighted by molar-refractivity contribution is -0.138. The fraction of sp³-hybridized carbons (Fsp3) is 0.220. The molecule has 1 atom stereocenters. The number of hydrogen-bond acceptors (Lipinski definition) is 8. The molecule has 6 rings (SSSR count). The van der Waals surface area contributed by atoms with Gasteiger partial charge in [-0.1, -0.05) is 104 Å². The van der Waals surface area contributed by atoms with Crippen LogP contribution >= 0.6 is 11.3 Å². The predicted octanol–water partition coefficient (Wildman–Crippen LogP) is 6.81. The van der Waals surface area contributed by atoms with Crippen molar-refractivity contribution >= 4 is 35.0 Å². The third kappa shape index (κ3) is 7.38. The third-order valence-corrected chi connectivity index (χ3v) is 9.32. The molecule has 0 spiro atoms. The number of aromatic nitrogens is 1. The van der Waals surface area contributed by atoms with Gasteiger partial charge in [-0.25, -0.2) is 14.6 Å². The molecule has 0 bridgehead atoms. The second-order valence-corrected chi connectivity index (χ2v) is 13.0. The number of carbonyl (C=O) groups excluding carboxylic acids is 2. The first kappa shape index (κ1) is 34.3. The third-order valence-electron chi connectivity index (χ3n) is 8.34. The maximum absolute atomic E-state index is 14.2. The van der Waals surface area contributed by atoms with E-state index in [0.717, 1.165) is 27.8 Å². The summed E-state index contributed by atoms with van der Waals surface area (Å²) in [5, 5.41) is 0. The molecule has 0 fully saturated rings. The van der Waals surface area contributed by atoms with Gasteiger partial charge in [0.15, 0.2) is 4.80 Å². The van der Waals surface area contributed by atoms with Gasteiger partial charge in [0, 0.05) is 5.56 Å². The Labute approximate surface area is 294 Å². The number of rotatable bonds is 11. The molecule has 0 N–H and O–H groups in total. The topological polar surface area (TPSA) is 96.2 Å². The molecule has 9 heteroatoms. The van der Waals surface area contributed by atoms with Crippen LogP contribution < -0.4 is 19.6 Å². The predicted molar refractivity (Wildman–Crippen MR) is 195 cm³/mol. The highest BCUT2D eigenvalue weighted by molar-refractivity contribution is 7.07. The van der Waals surface area contributed by atoms with Crippen LogP contribution in [0.1, 0.15) is 77.8 Å². The molecule has 0 saturated heterocycles. The first-order valence-corrected chi connectivity index (χ1v) is 17.5. The van der Waals surface area contributed by atoms with Crippen LogP contribution in [0.5, 0.6) is 5.75 Å². The van der Waals surface area contributed by atoms with Crippen molar-refractivity contribution in [3.63, 3.8) is 0 Å². The van der Waals surface area contributed by atoms with Crippen LogP contribution in [0.2, 0.25) is 0 Å². The molecular weight excluding hydrogens is 649 g/mol. The highest BCUT2D eigenvalue weighted by atomic mass is 32.1. The van der Waals surface area contributed by atoms with E-state index in [-0.39, 0.29) is 18.1 Å². The lowest BCUT2D eigenvalue weighted by Gasteiger charge is -2.26. The molecule has 0 radical (unpaired) electrons. The Bertz CT molecular complexity index is 2200. The molecule has 50 heavy (non-hydrogen) atoms. The molecular formula is C41H38N2O6S. The van der Waals surface area contributed by atoms with E-state index >= 15 is 0 Å². The first-order valence-electron chi connectivity index (χ1n) is 16.6. The van der Waals surface area contributed by atoms with E-state index in [2.05, 4.69) is 13.8 Å². The number of carbonyl (C=O) groups is 2. The molecule has 2 heterocycles. The Morgan fingerprint density at radius 1 is 0.840 bits per heavy atom. The maximum atomic E-state index is 14.2. The van der Waals surface area contributed by atoms with Crippen molar-refractivity contribution in [2.75, 3.05) is 13.2 Å². The number of esters is 2. The molecule has 1 aromatic heterocycles. The van der Waals surface area contributed by atoms with Gasteiger partial charge >= 0.3 is 11.9 Å². The van der Waals surface area contributed by atoms with E-state index in [1.54, 1.807) is 30.5 Å². The average molecular weight is 687 g/mol. The summed E-state index contributed by atoms with van der Waals surface area (Å²) in [7, 11) is 0. The zero-order valence-electron chi connectivity index (χ0n) is 28.4. The van der Waals surface area contributed by atoms with Crippen LogP contribution in [-0.2, 0) is 20.9 Å². The lowest BCUT2D eigenvalue weighted by atomic mass is 9.91. The van der Waals surface area contributed by atoms with E-state index in [1.165, 1.54) is 11.3 Å². The fourth-order valence-electron chi connectivity index (χ4n) is 5.75. The van der Waals surface area contributed by atoms with Gasteiger partial charge in [-0.15, -0.1) is 0 Å². The highest BCUT2D eigenvalue weighted by Gasteiger charge is 2.35. The Kier molecular flexibility index (Phi) is 10.5. The Morgan fingerprint density at radius 2 is 1.50 bits per heavy atom. The molecule has 0 saturated carbocycles. The summed E-state index contributed by atoms with van der Waals surface area (Å²) in [6, 6.07) is 31.4. The van der Waals surface area contributed by atoms with Crippen LogP contribution in [0, 0.1) is 0 Å². The molecule has 1 aliphatic rings. The summed E-state index contributed by atoms with van der Waals surface area (Å²) in [5.41, 5.74) is 5.51. The average Bonchev–Trinajstić information content (AvgIpc) is 3.45. The summed E-state index contributed by atoms with van der Waals surface area (Å²) >= 11 is 1.28. The highest BCUT2D eigenvalue weighted by Crippen LogP contribution is 2.35. The number of fused-ring (bicyclic) bond motifs is 1. The molecule has 0 aliphatic carbocycles. The van der Waals surface area contributed by atoms with Crippen molar-refractivity contribution in [1.82, 2.24) is 4.57 Å². The van der Waals surface area contributed by atoms with Crippen LogP contribution in [0.4, 0.5) is 0 Å². The Hall–Kier alpha value is -5.54. The summed E-state index contributed by atoms with van der Waals surface area (Å²) < 4.78 is 18.7. The van der Waals surface area contributed by atoms with Crippen molar-refractivity contribution in [2.45, 2.75) is 46.3 Å². The number of benzene rings is 4. The molecule has 4 aromatic carbocycles. The van der Waals surface area contributed by atoms with Gasteiger partial charge in [-0.2, -0.15) is 0 Å². The molecule has 8 nitrogen and oxygen atoms in total. The van der Waals surface area contributed by atoms with Crippen molar-refractivity contribution in [3.8, 4) is 5.75 Å². The normalized spacial score (nSPS) is 14.3. The summed E-state index contributed by atoms with van der Waals surface area (Å²) in [6.45, 7) is 8.64. The molecule has 254 valence electrons. The van der Waals surface area contributed by atoms with Crippen molar-refractivity contribution in [3.05, 3.63) is 162 Å². The van der Waals surface area contributed by atoms with Gasteiger partial charge in [-0.05, 0) is 72.4 Å². The van der Waals surface area contributed by atoms with Crippen LogP contribution in [0.3, 0.4) is 0 Å². The van der Waals surface area contributed by atoms with Crippen molar-refractivity contribution < 1.29 is 23.8 Å². The lowest BCUT2D eigenvalue weighted by Crippen LogP contribution is -2.40. The van der Waals surface area contributed by atoms with Crippen molar-refractivity contribution in [1.29, 1.82) is 0 Å². The van der Waals surface area contributed by atoms with E-state index in [9.17, 15) is 14.4 Å². The monoisotopic (exact) mass is 686 g/mol. The van der Waals surface area contributed by atoms with E-state index in [1.807, 2.05) is 97.1 Å². The van der Waals surface area contributed by atoms with Gasteiger partial charge in [0.2, 0.25) is 0 Å². The Balaban J connectivity index is 1.35. The van der Waals surface area contributed by atoms with Gasteiger partial charge in [0.05, 0.1) is 40.6 Å². The number of nitrogens with zero attached hydrogens (tertiary/aromatic N) is 2. The molecule has 0 unspecified atom stereocenters. The maximum Gasteiger partial charge on any atom is 0.338 e. The minimum absolute atomic E-state index is 0.190. The van der Waals surface area contributed by atoms with E-state index in [4.69, 9.17) is 19.2 Å². The van der Waals surface area contributed by atoms with Gasteiger partial charge in [-0.3, -0.25) is 9.36 Å². The minimum Gasteiger partial charge on any atom is -0.489 e. The van der Waals surface area contributed by atoms with E-state index in [0.29, 0.717) is 51.0 Å². The first-order chi connectivity index (χ1) is 24.3. The summed E-state index contributed by atoms with van der Waals surface area (Å²) in [4.78, 5) is 45.3. The van der Waals surface area contributed by atoms with Crippen molar-refractivity contribution in [2.24, 2.45) is 4.99 Å². The standard InChI is InChI=1S/C41H38N2O6S/c1-5-47-39(45)32-16-12-28(13-17-32)25-49-33-22-14-27(15-23-33)24-34-38(44)43-37(31-20-18-29(19-21-31)26(3)4)35(40(46)48-6-2)36(42-41(43)50-34)30-10-8-7-9-11-30/h7-24,26,37H,5-6,25H2,1-4H3/b34-24-/t37-/m0/s1. The van der Waals surface area contributed by atoms with Gasteiger partial charge < -0.3 is 14.2 Å². The molecule has 1 aliphatic heterocycles. The second kappa shape index (κ2) is 15.3. The second-order valence-electron chi connectivity index (χ2n) is 12.0. The minimum atomic E-state index is -0.731. The van der Waals surface area contributed by atoms with Crippen LogP contribution in [0.25, 0.3) is 11.8 Å². The smallest absolute Gasteiger partial charge is 0.338 e. The summed E-state index contributed by atoms with van der Waals surface area (Å²) in [5.74, 6) is 0.129. The number of hydrogen-bond donors (Lipinski definition) is 0. The number of ether oxygens (including phenoxy) is 3. The van der Waals surface area contributed by atoms with Crippen LogP contribution in [0.15, 0.2) is 118 Å². The van der Waals surface area contributed by atoms with E-state index < -0.39 is 12.0 Å². The quantitative estimate of drug-likeness (QED) is 0.142. The zero-order chi connectivity index (χ0) is 35.2. The molecule has 5 aromatic rings. The van der Waals surface area contributed by atoms with Gasteiger partial charge in [0.25, 0.3) is 5.56 Å². The Morgan fingerprint density at radius 3 is 2.14 bits per heavy atom. The zero-order valence-corrected chi connectivity index (χ0v) is 29.2. The van der Waals surface area contributed by atoms with Crippen LogP contribution in [-0.4, -0.2) is 29.7 Å². The number of thiazole rings is 1. The largest absolute Gasteiger partial charge is 0.489 e. The fourth-order valence-corrected chi connectivity index (χ4v) is 6.75. The van der Waals surface area contributed by atoms with Gasteiger partial charge in [0.1, 0.15) is 12.4 Å². The summed E-state index contributed by atoms with van der Waals surface area (Å²) in [6.07, 6.45) is 1.83. The SMILES string of the molecule is CCOC(=O)C1=C(c2ccccc2)N=c2s/c(=C\c3ccc(OCc4ccc(C(=O)OCC)cc4)cc3)c(=O)n2[C@H]1c1ccc(C(C)C)cc1.